The summed E-state index contributed by atoms with van der Waals surface area (Å²) in [5, 5.41) is 3.34. The molecule has 4 heteroatoms. The summed E-state index contributed by atoms with van der Waals surface area (Å²) in [6.07, 6.45) is 0. The van der Waals surface area contributed by atoms with Crippen LogP contribution in [0.4, 0.5) is 11.4 Å². The van der Waals surface area contributed by atoms with Gasteiger partial charge in [0.05, 0.1) is 25.6 Å². The quantitative estimate of drug-likeness (QED) is 0.821. The molecule has 0 fully saturated rings. The number of anilines is 2. The van der Waals surface area contributed by atoms with E-state index in [1.54, 1.807) is 14.2 Å². The lowest BCUT2D eigenvalue weighted by atomic mass is 10.1. The summed E-state index contributed by atoms with van der Waals surface area (Å²) in [6, 6.07) is 11.7. The molecule has 0 saturated heterocycles. The highest BCUT2D eigenvalue weighted by Gasteiger charge is 2.06. The van der Waals surface area contributed by atoms with Crippen LogP contribution in [0.25, 0.3) is 0 Å². The van der Waals surface area contributed by atoms with Crippen molar-refractivity contribution in [2.45, 2.75) is 13.5 Å². The van der Waals surface area contributed by atoms with Gasteiger partial charge >= 0.3 is 0 Å². The van der Waals surface area contributed by atoms with Crippen molar-refractivity contribution in [3.8, 4) is 11.5 Å². The van der Waals surface area contributed by atoms with Crippen molar-refractivity contribution in [2.75, 3.05) is 25.3 Å². The normalized spacial score (nSPS) is 10.2. The minimum Gasteiger partial charge on any atom is -0.497 e. The molecule has 2 aromatic carbocycles. The van der Waals surface area contributed by atoms with Crippen LogP contribution >= 0.6 is 0 Å². The average molecular weight is 272 g/mol. The van der Waals surface area contributed by atoms with E-state index in [1.165, 1.54) is 0 Å². The molecule has 0 saturated carbocycles. The highest BCUT2D eigenvalue weighted by Crippen LogP contribution is 2.27. The number of ether oxygens (including phenoxy) is 2. The minimum atomic E-state index is 0.640. The average Bonchev–Trinajstić information content (AvgIpc) is 2.48. The van der Waals surface area contributed by atoms with Crippen LogP contribution in [0.5, 0.6) is 11.5 Å². The van der Waals surface area contributed by atoms with Gasteiger partial charge in [0, 0.05) is 18.2 Å². The second-order valence-corrected chi connectivity index (χ2v) is 4.57. The van der Waals surface area contributed by atoms with Gasteiger partial charge in [-0.1, -0.05) is 12.1 Å². The van der Waals surface area contributed by atoms with Crippen molar-refractivity contribution in [3.05, 3.63) is 47.5 Å². The largest absolute Gasteiger partial charge is 0.497 e. The molecule has 0 atom stereocenters. The summed E-state index contributed by atoms with van der Waals surface area (Å²) in [6.45, 7) is 2.63. The Bertz CT molecular complexity index is 597. The number of hydrogen-bond acceptors (Lipinski definition) is 4. The van der Waals surface area contributed by atoms with Gasteiger partial charge in [0.1, 0.15) is 11.5 Å². The van der Waals surface area contributed by atoms with Crippen molar-refractivity contribution >= 4 is 11.4 Å². The van der Waals surface area contributed by atoms with Gasteiger partial charge in [-0.25, -0.2) is 0 Å². The van der Waals surface area contributed by atoms with Crippen molar-refractivity contribution in [1.29, 1.82) is 0 Å². The zero-order valence-corrected chi connectivity index (χ0v) is 12.1. The van der Waals surface area contributed by atoms with Crippen molar-refractivity contribution in [3.63, 3.8) is 0 Å². The Labute approximate surface area is 119 Å². The number of rotatable bonds is 5. The van der Waals surface area contributed by atoms with E-state index >= 15 is 0 Å². The van der Waals surface area contributed by atoms with E-state index < -0.39 is 0 Å². The van der Waals surface area contributed by atoms with E-state index in [4.69, 9.17) is 15.2 Å². The molecule has 0 aromatic heterocycles. The third-order valence-corrected chi connectivity index (χ3v) is 3.29. The Morgan fingerprint density at radius 2 is 1.90 bits per heavy atom. The lowest BCUT2D eigenvalue weighted by Crippen LogP contribution is -2.05. The molecule has 2 rings (SSSR count). The fourth-order valence-corrected chi connectivity index (χ4v) is 2.02. The van der Waals surface area contributed by atoms with Gasteiger partial charge < -0.3 is 20.5 Å². The molecular weight excluding hydrogens is 252 g/mol. The summed E-state index contributed by atoms with van der Waals surface area (Å²) in [5.74, 6) is 1.57. The molecule has 0 radical (unpaired) electrons. The molecule has 0 aliphatic carbocycles. The lowest BCUT2D eigenvalue weighted by Gasteiger charge is -2.14. The number of para-hydroxylation sites is 1. The first kappa shape index (κ1) is 14.1. The molecule has 0 bridgehead atoms. The third kappa shape index (κ3) is 2.96. The first-order chi connectivity index (χ1) is 9.65. The lowest BCUT2D eigenvalue weighted by molar-refractivity contribution is 0.391. The predicted octanol–water partition coefficient (Wildman–Crippen LogP) is 3.21. The van der Waals surface area contributed by atoms with Crippen LogP contribution in [0.15, 0.2) is 36.4 Å². The second-order valence-electron chi connectivity index (χ2n) is 4.57. The maximum atomic E-state index is 6.05. The van der Waals surface area contributed by atoms with Gasteiger partial charge in [0.25, 0.3) is 0 Å². The van der Waals surface area contributed by atoms with Crippen LogP contribution < -0.4 is 20.5 Å². The molecule has 0 unspecified atom stereocenters. The molecule has 20 heavy (non-hydrogen) atoms. The maximum absolute atomic E-state index is 6.05. The number of methoxy groups -OCH3 is 2. The Morgan fingerprint density at radius 3 is 2.60 bits per heavy atom. The first-order valence-corrected chi connectivity index (χ1v) is 6.45. The van der Waals surface area contributed by atoms with Crippen LogP contribution in [0.1, 0.15) is 11.1 Å². The highest BCUT2D eigenvalue weighted by molar-refractivity contribution is 5.69. The Hall–Kier alpha value is -2.36. The number of aryl methyl sites for hydroxylation is 1. The van der Waals surface area contributed by atoms with E-state index in [0.717, 1.165) is 34.0 Å². The second kappa shape index (κ2) is 6.19. The number of nitrogens with one attached hydrogen (secondary N) is 1. The van der Waals surface area contributed by atoms with Crippen LogP contribution in [0.3, 0.4) is 0 Å². The number of nitrogens with two attached hydrogens (primary N) is 1. The highest BCUT2D eigenvalue weighted by atomic mass is 16.5. The zero-order chi connectivity index (χ0) is 14.5. The fraction of sp³-hybridized carbons (Fsp3) is 0.250. The zero-order valence-electron chi connectivity index (χ0n) is 12.1. The molecular formula is C16H20N2O2. The van der Waals surface area contributed by atoms with Gasteiger partial charge in [0.15, 0.2) is 0 Å². The Balaban J connectivity index is 2.16. The van der Waals surface area contributed by atoms with E-state index in [9.17, 15) is 0 Å². The number of benzene rings is 2. The molecule has 4 nitrogen and oxygen atoms in total. The van der Waals surface area contributed by atoms with Gasteiger partial charge in [-0.15, -0.1) is 0 Å². The summed E-state index contributed by atoms with van der Waals surface area (Å²) >= 11 is 0. The van der Waals surface area contributed by atoms with Crippen molar-refractivity contribution in [1.82, 2.24) is 0 Å². The SMILES string of the molecule is COc1ccc(CNc2cccc(C)c2N)c(OC)c1. The predicted molar refractivity (Wildman–Crippen MR) is 82.5 cm³/mol. The molecule has 0 amide bonds. The molecule has 3 N–H and O–H groups in total. The van der Waals surface area contributed by atoms with E-state index in [2.05, 4.69) is 5.32 Å². The van der Waals surface area contributed by atoms with Crippen LogP contribution in [0, 0.1) is 6.92 Å². The van der Waals surface area contributed by atoms with Gasteiger partial charge in [0.2, 0.25) is 0 Å². The van der Waals surface area contributed by atoms with Crippen LogP contribution in [-0.2, 0) is 6.54 Å². The Morgan fingerprint density at radius 1 is 1.10 bits per heavy atom. The third-order valence-electron chi connectivity index (χ3n) is 3.29. The maximum Gasteiger partial charge on any atom is 0.127 e. The van der Waals surface area contributed by atoms with Gasteiger partial charge in [-0.3, -0.25) is 0 Å². The van der Waals surface area contributed by atoms with Gasteiger partial charge in [-0.05, 0) is 30.7 Å². The molecule has 0 spiro atoms. The van der Waals surface area contributed by atoms with Crippen molar-refractivity contribution < 1.29 is 9.47 Å². The molecule has 106 valence electrons. The summed E-state index contributed by atoms with van der Waals surface area (Å²) in [7, 11) is 3.29. The summed E-state index contributed by atoms with van der Waals surface area (Å²) in [4.78, 5) is 0. The monoisotopic (exact) mass is 272 g/mol. The summed E-state index contributed by atoms with van der Waals surface area (Å²) < 4.78 is 10.6. The topological polar surface area (TPSA) is 56.5 Å². The van der Waals surface area contributed by atoms with E-state index in [-0.39, 0.29) is 0 Å². The standard InChI is InChI=1S/C16H20N2O2/c1-11-5-4-6-14(16(11)17)18-10-12-7-8-13(19-2)9-15(12)20-3/h4-9,18H,10,17H2,1-3H3. The van der Waals surface area contributed by atoms with E-state index in [0.29, 0.717) is 6.54 Å². The number of nitrogen functional groups attached to an aromatic ring is 1. The fourth-order valence-electron chi connectivity index (χ4n) is 2.02. The first-order valence-electron chi connectivity index (χ1n) is 6.45. The van der Waals surface area contributed by atoms with Crippen molar-refractivity contribution in [2.24, 2.45) is 0 Å². The van der Waals surface area contributed by atoms with Crippen LogP contribution in [0.2, 0.25) is 0 Å². The number of hydrogen-bond donors (Lipinski definition) is 2. The summed E-state index contributed by atoms with van der Waals surface area (Å²) in [5.41, 5.74) is 9.88. The molecule has 2 aromatic rings. The minimum absolute atomic E-state index is 0.640. The van der Waals surface area contributed by atoms with Crippen LogP contribution in [-0.4, -0.2) is 14.2 Å². The molecule has 0 heterocycles. The van der Waals surface area contributed by atoms with E-state index in [1.807, 2.05) is 43.3 Å². The smallest absolute Gasteiger partial charge is 0.127 e. The Kier molecular flexibility index (Phi) is 4.35. The molecule has 0 aliphatic heterocycles. The molecule has 0 aliphatic rings. The van der Waals surface area contributed by atoms with Gasteiger partial charge in [-0.2, -0.15) is 0 Å².